The molecule has 0 aromatic carbocycles. The average Bonchev–Trinajstić information content (AvgIpc) is 2.95. The van der Waals surface area contributed by atoms with Crippen molar-refractivity contribution < 1.29 is 47.8 Å². The Morgan fingerprint density at radius 2 is 1.20 bits per heavy atom. The number of aliphatic hydroxyl groups excluding tert-OH is 2. The highest BCUT2D eigenvalue weighted by molar-refractivity contribution is 7.47. The van der Waals surface area contributed by atoms with Gasteiger partial charge in [0.15, 0.2) is 6.10 Å². The molecule has 0 fully saturated rings. The van der Waals surface area contributed by atoms with Crippen molar-refractivity contribution in [2.45, 2.75) is 142 Å². The summed E-state index contributed by atoms with van der Waals surface area (Å²) >= 11 is 0. The molecule has 242 valence electrons. The number of hydrogen-bond donors (Lipinski definition) is 3. The minimum atomic E-state index is -4.58. The van der Waals surface area contributed by atoms with Gasteiger partial charge < -0.3 is 24.6 Å². The summed E-state index contributed by atoms with van der Waals surface area (Å²) in [5.74, 6) is -0.964. The lowest BCUT2D eigenvalue weighted by Gasteiger charge is -2.20. The Balaban J connectivity index is 4.20. The fourth-order valence-corrected chi connectivity index (χ4v) is 4.72. The van der Waals surface area contributed by atoms with Gasteiger partial charge in [0, 0.05) is 12.8 Å². The lowest BCUT2D eigenvalue weighted by molar-refractivity contribution is -0.161. The second-order valence-corrected chi connectivity index (χ2v) is 11.9. The van der Waals surface area contributed by atoms with Gasteiger partial charge >= 0.3 is 19.8 Å². The summed E-state index contributed by atoms with van der Waals surface area (Å²) in [6, 6.07) is 0. The lowest BCUT2D eigenvalue weighted by atomic mass is 10.1. The monoisotopic (exact) mass is 608 g/mol. The molecule has 0 spiro atoms. The summed E-state index contributed by atoms with van der Waals surface area (Å²) in [5.41, 5.74) is 0. The molecule has 3 N–H and O–H groups in total. The van der Waals surface area contributed by atoms with Gasteiger partial charge in [-0.15, -0.1) is 0 Å². The number of rotatable bonds is 29. The van der Waals surface area contributed by atoms with E-state index in [4.69, 9.17) is 19.1 Å². The van der Waals surface area contributed by atoms with Gasteiger partial charge in [-0.05, 0) is 38.5 Å². The number of phosphoric acid groups is 1. The van der Waals surface area contributed by atoms with Crippen LogP contribution in [0.4, 0.5) is 0 Å². The Kier molecular flexibility index (Phi) is 26.7. The van der Waals surface area contributed by atoms with Crippen LogP contribution < -0.4 is 0 Å². The first kappa shape index (κ1) is 39.7. The first-order chi connectivity index (χ1) is 19.7. The van der Waals surface area contributed by atoms with Crippen LogP contribution in [-0.4, -0.2) is 65.7 Å². The fourth-order valence-electron chi connectivity index (χ4n) is 3.93. The number of hydrogen-bond acceptors (Lipinski definition) is 9. The molecule has 0 aliphatic rings. The van der Waals surface area contributed by atoms with E-state index in [2.05, 4.69) is 23.6 Å². The van der Waals surface area contributed by atoms with Gasteiger partial charge in [-0.2, -0.15) is 0 Å². The number of carbonyl (C=O) groups excluding carboxylic acids is 2. The summed E-state index contributed by atoms with van der Waals surface area (Å²) in [6.07, 6.45) is 20.1. The topological polar surface area (TPSA) is 149 Å². The highest BCUT2D eigenvalue weighted by Crippen LogP contribution is 2.43. The van der Waals surface area contributed by atoms with E-state index >= 15 is 0 Å². The maximum Gasteiger partial charge on any atom is 0.472 e. The number of unbranched alkanes of at least 4 members (excludes halogenated alkanes) is 13. The van der Waals surface area contributed by atoms with E-state index in [1.807, 2.05) is 6.92 Å². The van der Waals surface area contributed by atoms with Gasteiger partial charge in [0.2, 0.25) is 0 Å². The van der Waals surface area contributed by atoms with Crippen LogP contribution in [0.5, 0.6) is 0 Å². The normalized spacial score (nSPS) is 14.6. The number of ether oxygens (including phenoxy) is 2. The zero-order chi connectivity index (χ0) is 30.6. The van der Waals surface area contributed by atoms with Gasteiger partial charge in [0.25, 0.3) is 0 Å². The fraction of sp³-hybridized carbons (Fsp3) is 0.867. The van der Waals surface area contributed by atoms with Crippen LogP contribution >= 0.6 is 7.82 Å². The maximum atomic E-state index is 12.2. The molecule has 0 saturated heterocycles. The standard InChI is InChI=1S/C30H57O10P/c1-3-5-7-8-9-10-11-12-13-14-15-16-17-18-20-21-29(33)37-25-28(40-30(34)22-19-6-4-2)26-39-41(35,36)38-24-27(32)23-31/h12-13,27-28,31-32H,3-11,14-26H2,1-2H3,(H,35,36)/b13-12+/t27-,28+/m1/s1. The van der Waals surface area contributed by atoms with Crippen LogP contribution in [-0.2, 0) is 32.7 Å². The summed E-state index contributed by atoms with van der Waals surface area (Å²) in [6.45, 7) is 2.12. The molecule has 11 heteroatoms. The van der Waals surface area contributed by atoms with E-state index in [1.165, 1.54) is 44.9 Å². The Hall–Kier alpha value is -1.29. The third kappa shape index (κ3) is 27.3. The van der Waals surface area contributed by atoms with E-state index in [1.54, 1.807) is 0 Å². The zero-order valence-electron chi connectivity index (χ0n) is 25.5. The predicted octanol–water partition coefficient (Wildman–Crippen LogP) is 6.55. The van der Waals surface area contributed by atoms with E-state index in [0.29, 0.717) is 12.8 Å². The van der Waals surface area contributed by atoms with Gasteiger partial charge in [-0.3, -0.25) is 18.6 Å². The third-order valence-electron chi connectivity index (χ3n) is 6.42. The molecule has 0 radical (unpaired) electrons. The van der Waals surface area contributed by atoms with Crippen molar-refractivity contribution >= 4 is 19.8 Å². The van der Waals surface area contributed by atoms with Crippen molar-refractivity contribution in [3.8, 4) is 0 Å². The quantitative estimate of drug-likeness (QED) is 0.0369. The Bertz CT molecular complexity index is 715. The van der Waals surface area contributed by atoms with Gasteiger partial charge in [0.1, 0.15) is 12.7 Å². The molecule has 41 heavy (non-hydrogen) atoms. The number of esters is 2. The van der Waals surface area contributed by atoms with Crippen molar-refractivity contribution in [3.63, 3.8) is 0 Å². The first-order valence-electron chi connectivity index (χ1n) is 15.6. The van der Waals surface area contributed by atoms with Crippen LogP contribution in [0.15, 0.2) is 12.2 Å². The molecule has 0 amide bonds. The molecule has 3 atom stereocenters. The van der Waals surface area contributed by atoms with Crippen LogP contribution in [0, 0.1) is 0 Å². The summed E-state index contributed by atoms with van der Waals surface area (Å²) < 4.78 is 32.0. The largest absolute Gasteiger partial charge is 0.472 e. The summed E-state index contributed by atoms with van der Waals surface area (Å²) in [5, 5.41) is 18.1. The molecule has 0 aliphatic carbocycles. The van der Waals surface area contributed by atoms with Crippen LogP contribution in [0.25, 0.3) is 0 Å². The number of phosphoric ester groups is 1. The molecule has 0 heterocycles. The second-order valence-electron chi connectivity index (χ2n) is 10.5. The average molecular weight is 609 g/mol. The molecular weight excluding hydrogens is 551 g/mol. The van der Waals surface area contributed by atoms with E-state index in [9.17, 15) is 24.2 Å². The van der Waals surface area contributed by atoms with Crippen molar-refractivity contribution in [3.05, 3.63) is 12.2 Å². The van der Waals surface area contributed by atoms with Crippen molar-refractivity contribution in [2.24, 2.45) is 0 Å². The molecule has 0 aliphatic heterocycles. The van der Waals surface area contributed by atoms with E-state index < -0.39 is 51.8 Å². The van der Waals surface area contributed by atoms with E-state index in [0.717, 1.165) is 44.9 Å². The Labute approximate surface area is 247 Å². The molecule has 0 aromatic rings. The molecule has 0 rings (SSSR count). The van der Waals surface area contributed by atoms with Gasteiger partial charge in [-0.25, -0.2) is 4.57 Å². The van der Waals surface area contributed by atoms with Crippen molar-refractivity contribution in [1.29, 1.82) is 0 Å². The maximum absolute atomic E-state index is 12.2. The predicted molar refractivity (Wildman–Crippen MR) is 159 cm³/mol. The third-order valence-corrected chi connectivity index (χ3v) is 7.37. The summed E-state index contributed by atoms with van der Waals surface area (Å²) in [7, 11) is -4.58. The molecular formula is C30H57O10P. The van der Waals surface area contributed by atoms with Crippen LogP contribution in [0.2, 0.25) is 0 Å². The summed E-state index contributed by atoms with van der Waals surface area (Å²) in [4.78, 5) is 34.1. The van der Waals surface area contributed by atoms with Crippen LogP contribution in [0.1, 0.15) is 129 Å². The molecule has 1 unspecified atom stereocenters. The van der Waals surface area contributed by atoms with Crippen molar-refractivity contribution in [2.75, 3.05) is 26.4 Å². The Morgan fingerprint density at radius 1 is 0.707 bits per heavy atom. The molecule has 0 bridgehead atoms. The minimum absolute atomic E-state index is 0.170. The Morgan fingerprint density at radius 3 is 1.80 bits per heavy atom. The van der Waals surface area contributed by atoms with Crippen LogP contribution in [0.3, 0.4) is 0 Å². The molecule has 10 nitrogen and oxygen atoms in total. The molecule has 0 aromatic heterocycles. The zero-order valence-corrected chi connectivity index (χ0v) is 26.4. The van der Waals surface area contributed by atoms with Crippen molar-refractivity contribution in [1.82, 2.24) is 0 Å². The smallest absolute Gasteiger partial charge is 0.462 e. The van der Waals surface area contributed by atoms with Gasteiger partial charge in [0.05, 0.1) is 19.8 Å². The number of carbonyl (C=O) groups is 2. The second kappa shape index (κ2) is 27.5. The molecule has 0 saturated carbocycles. The van der Waals surface area contributed by atoms with E-state index in [-0.39, 0.29) is 19.4 Å². The number of allylic oxidation sites excluding steroid dienone is 2. The number of aliphatic hydroxyl groups is 2. The van der Waals surface area contributed by atoms with Gasteiger partial charge in [-0.1, -0.05) is 90.2 Å². The lowest BCUT2D eigenvalue weighted by Crippen LogP contribution is -2.29. The minimum Gasteiger partial charge on any atom is -0.462 e. The highest BCUT2D eigenvalue weighted by Gasteiger charge is 2.27. The first-order valence-corrected chi connectivity index (χ1v) is 17.1. The highest BCUT2D eigenvalue weighted by atomic mass is 31.2. The SMILES string of the molecule is CCCCCCCC/C=C/CCCCCCCC(=O)OC[C@@H](COP(=O)(O)OC[C@H](O)CO)OC(=O)CCCCC.